The van der Waals surface area contributed by atoms with Crippen molar-refractivity contribution >= 4 is 29.4 Å². The Kier molecular flexibility index (Phi) is 14.9. The molecule has 0 spiro atoms. The molecule has 1 N–H and O–H groups in total. The van der Waals surface area contributed by atoms with E-state index in [-0.39, 0.29) is 11.2 Å². The minimum absolute atomic E-state index is 0.137. The highest BCUT2D eigenvalue weighted by Crippen LogP contribution is 2.25. The smallest absolute Gasteiger partial charge is 0.224 e. The van der Waals surface area contributed by atoms with Crippen LogP contribution in [-0.4, -0.2) is 35.5 Å². The first-order valence-corrected chi connectivity index (χ1v) is 11.8. The number of rotatable bonds is 12. The van der Waals surface area contributed by atoms with Crippen LogP contribution in [0, 0.1) is 18.8 Å². The van der Waals surface area contributed by atoms with Crippen molar-refractivity contribution in [2.45, 2.75) is 74.1 Å². The quantitative estimate of drug-likeness (QED) is 0.293. The number of nitrogens with one attached hydrogen (secondary N) is 1. The summed E-state index contributed by atoms with van der Waals surface area (Å²) in [6.45, 7) is 23.3. The predicted octanol–water partition coefficient (Wildman–Crippen LogP) is 6.46. The molecule has 0 aliphatic heterocycles. The number of nitrogens with zero attached hydrogens (tertiary/aromatic N) is 3. The highest BCUT2D eigenvalue weighted by molar-refractivity contribution is 6.28. The number of hydrogen-bond acceptors (Lipinski definition) is 4. The summed E-state index contributed by atoms with van der Waals surface area (Å²) in [6, 6.07) is 0. The summed E-state index contributed by atoms with van der Waals surface area (Å²) in [5, 5.41) is 3.34. The predicted molar refractivity (Wildman–Crippen MR) is 136 cm³/mol. The summed E-state index contributed by atoms with van der Waals surface area (Å²) in [5.41, 5.74) is 3.23. The second-order valence-electron chi connectivity index (χ2n) is 8.45. The normalized spacial score (nSPS) is 12.2. The van der Waals surface area contributed by atoms with Gasteiger partial charge in [-0.25, -0.2) is 9.97 Å². The first-order chi connectivity index (χ1) is 14.7. The van der Waals surface area contributed by atoms with Gasteiger partial charge in [-0.1, -0.05) is 40.2 Å². The van der Waals surface area contributed by atoms with Gasteiger partial charge in [0.15, 0.2) is 0 Å². The van der Waals surface area contributed by atoms with Crippen molar-refractivity contribution in [1.82, 2.24) is 15.3 Å². The average Bonchev–Trinajstić information content (AvgIpc) is 2.72. The molecule has 1 rings (SSSR count). The molecule has 0 radical (unpaired) electrons. The first-order valence-electron chi connectivity index (χ1n) is 11.4. The lowest BCUT2D eigenvalue weighted by molar-refractivity contribution is -0.121. The molecule has 0 fully saturated rings. The van der Waals surface area contributed by atoms with Crippen LogP contribution in [0.4, 0.5) is 5.82 Å². The molecule has 0 aromatic carbocycles. The molecule has 1 aromatic heterocycles. The molecule has 1 unspecified atom stereocenters. The lowest BCUT2D eigenvalue weighted by Gasteiger charge is -2.27. The third-order valence-electron chi connectivity index (χ3n) is 5.00. The molecular formula is C25H43ClN4O. The van der Waals surface area contributed by atoms with Crippen LogP contribution in [0.2, 0.25) is 5.28 Å². The van der Waals surface area contributed by atoms with Gasteiger partial charge < -0.3 is 10.2 Å². The van der Waals surface area contributed by atoms with Crippen LogP contribution in [0.5, 0.6) is 0 Å². The molecule has 6 heteroatoms. The van der Waals surface area contributed by atoms with Gasteiger partial charge >= 0.3 is 0 Å². The molecule has 0 bridgehead atoms. The van der Waals surface area contributed by atoms with E-state index in [1.807, 2.05) is 0 Å². The Morgan fingerprint density at radius 1 is 1.19 bits per heavy atom. The standard InChI is InChI=1S/C23H39ClN4O.C2H4/c1-8-11-28(12-10-18(6)15-25-21(29)13-16(3)4)22-19(7)20(14-17(5)9-2)26-23(24)27-22;1-2/h14,16,18H,8-13,15H2,1-7H3,(H,25,29);1-2H2/b17-14-;. The topological polar surface area (TPSA) is 58.1 Å². The average molecular weight is 451 g/mol. The van der Waals surface area contributed by atoms with Crippen molar-refractivity contribution in [2.75, 3.05) is 24.5 Å². The molecule has 0 aliphatic carbocycles. The van der Waals surface area contributed by atoms with Gasteiger partial charge in [0.2, 0.25) is 11.2 Å². The summed E-state index contributed by atoms with van der Waals surface area (Å²) >= 11 is 6.26. The van der Waals surface area contributed by atoms with Crippen LogP contribution in [-0.2, 0) is 4.79 Å². The fourth-order valence-corrected chi connectivity index (χ4v) is 3.25. The summed E-state index contributed by atoms with van der Waals surface area (Å²) in [7, 11) is 0. The monoisotopic (exact) mass is 450 g/mol. The Bertz CT molecular complexity index is 703. The fraction of sp³-hybridized carbons (Fsp3) is 0.640. The number of carbonyl (C=O) groups is 1. The van der Waals surface area contributed by atoms with Crippen LogP contribution in [0.25, 0.3) is 6.08 Å². The van der Waals surface area contributed by atoms with Crippen molar-refractivity contribution < 1.29 is 4.79 Å². The highest BCUT2D eigenvalue weighted by Gasteiger charge is 2.16. The van der Waals surface area contributed by atoms with E-state index in [0.717, 1.165) is 49.4 Å². The largest absolute Gasteiger partial charge is 0.356 e. The summed E-state index contributed by atoms with van der Waals surface area (Å²) in [5.74, 6) is 1.83. The van der Waals surface area contributed by atoms with Crippen LogP contribution in [0.15, 0.2) is 18.7 Å². The van der Waals surface area contributed by atoms with E-state index in [0.29, 0.717) is 24.8 Å². The SMILES string of the molecule is C=C.CCCN(CCC(C)CNC(=O)CC(C)C)c1nc(Cl)nc(/C=C(/C)CC)c1C. The van der Waals surface area contributed by atoms with E-state index < -0.39 is 0 Å². The molecule has 0 saturated heterocycles. The van der Waals surface area contributed by atoms with Crippen molar-refractivity contribution in [3.05, 3.63) is 35.3 Å². The maximum absolute atomic E-state index is 11.9. The molecule has 1 aromatic rings. The molecular weight excluding hydrogens is 408 g/mol. The maximum Gasteiger partial charge on any atom is 0.224 e. The second kappa shape index (κ2) is 15.9. The van der Waals surface area contributed by atoms with Gasteiger partial charge in [-0.05, 0) is 62.6 Å². The lowest BCUT2D eigenvalue weighted by Crippen LogP contribution is -2.32. The Morgan fingerprint density at radius 3 is 2.39 bits per heavy atom. The van der Waals surface area contributed by atoms with Gasteiger partial charge in [0.25, 0.3) is 0 Å². The Morgan fingerprint density at radius 2 is 1.84 bits per heavy atom. The van der Waals surface area contributed by atoms with E-state index in [2.05, 4.69) is 87.9 Å². The summed E-state index contributed by atoms with van der Waals surface area (Å²) in [6.07, 6.45) is 5.67. The van der Waals surface area contributed by atoms with E-state index >= 15 is 0 Å². The van der Waals surface area contributed by atoms with Crippen LogP contribution < -0.4 is 10.2 Å². The van der Waals surface area contributed by atoms with E-state index in [1.165, 1.54) is 5.57 Å². The molecule has 31 heavy (non-hydrogen) atoms. The number of anilines is 1. The number of carbonyl (C=O) groups excluding carboxylic acids is 1. The summed E-state index contributed by atoms with van der Waals surface area (Å²) in [4.78, 5) is 23.2. The number of aromatic nitrogens is 2. The molecule has 1 amide bonds. The molecule has 0 saturated carbocycles. The van der Waals surface area contributed by atoms with Crippen LogP contribution in [0.3, 0.4) is 0 Å². The highest BCUT2D eigenvalue weighted by atomic mass is 35.5. The first kappa shape index (κ1) is 29.1. The van der Waals surface area contributed by atoms with E-state index in [4.69, 9.17) is 11.6 Å². The molecule has 1 heterocycles. The lowest BCUT2D eigenvalue weighted by atomic mass is 10.1. The number of amides is 1. The second-order valence-corrected chi connectivity index (χ2v) is 8.79. The Balaban J connectivity index is 0.00000436. The molecule has 176 valence electrons. The number of halogens is 1. The van der Waals surface area contributed by atoms with Gasteiger partial charge in [0.1, 0.15) is 5.82 Å². The van der Waals surface area contributed by atoms with Gasteiger partial charge in [0, 0.05) is 31.6 Å². The van der Waals surface area contributed by atoms with Gasteiger partial charge in [-0.3, -0.25) is 4.79 Å². The van der Waals surface area contributed by atoms with E-state index in [9.17, 15) is 4.79 Å². The summed E-state index contributed by atoms with van der Waals surface area (Å²) < 4.78 is 0. The van der Waals surface area contributed by atoms with Gasteiger partial charge in [-0.2, -0.15) is 0 Å². The van der Waals surface area contributed by atoms with Gasteiger partial charge in [-0.15, -0.1) is 13.2 Å². The third kappa shape index (κ3) is 11.3. The molecule has 0 aliphatic rings. The maximum atomic E-state index is 11.9. The zero-order valence-electron chi connectivity index (χ0n) is 20.7. The molecule has 5 nitrogen and oxygen atoms in total. The van der Waals surface area contributed by atoms with E-state index in [1.54, 1.807) is 0 Å². The number of hydrogen-bond donors (Lipinski definition) is 1. The minimum Gasteiger partial charge on any atom is -0.356 e. The third-order valence-corrected chi connectivity index (χ3v) is 5.17. The van der Waals surface area contributed by atoms with Crippen molar-refractivity contribution in [3.63, 3.8) is 0 Å². The Labute approximate surface area is 195 Å². The van der Waals surface area contributed by atoms with Crippen molar-refractivity contribution in [1.29, 1.82) is 0 Å². The molecule has 1 atom stereocenters. The fourth-order valence-electron chi connectivity index (χ4n) is 3.08. The zero-order valence-corrected chi connectivity index (χ0v) is 21.5. The van der Waals surface area contributed by atoms with Crippen LogP contribution in [0.1, 0.15) is 78.5 Å². The number of allylic oxidation sites excluding steroid dienone is 1. The van der Waals surface area contributed by atoms with Crippen molar-refractivity contribution in [3.8, 4) is 0 Å². The minimum atomic E-state index is 0.137. The zero-order chi connectivity index (χ0) is 24.0. The Hall–Kier alpha value is -1.88. The van der Waals surface area contributed by atoms with Gasteiger partial charge in [0.05, 0.1) is 5.69 Å². The van der Waals surface area contributed by atoms with Crippen molar-refractivity contribution in [2.24, 2.45) is 11.8 Å². The van der Waals surface area contributed by atoms with Crippen LogP contribution >= 0.6 is 11.6 Å².